The maximum atomic E-state index is 11.9. The Bertz CT molecular complexity index is 396. The maximum Gasteiger partial charge on any atom is 0.223 e. The van der Waals surface area contributed by atoms with Crippen LogP contribution < -0.4 is 5.32 Å². The zero-order valence-corrected chi connectivity index (χ0v) is 11.7. The number of piperidine rings is 1. The van der Waals surface area contributed by atoms with Crippen LogP contribution >= 0.6 is 0 Å². The molecule has 6 heteroatoms. The van der Waals surface area contributed by atoms with E-state index in [0.29, 0.717) is 19.5 Å². The fraction of sp³-hybridized carbons (Fsp3) is 0.917. The third-order valence-corrected chi connectivity index (χ3v) is 5.68. The summed E-state index contributed by atoms with van der Waals surface area (Å²) in [6.45, 7) is 2.95. The predicted octanol–water partition coefficient (Wildman–Crippen LogP) is 0.717. The number of hydrogen-bond acceptors (Lipinski definition) is 3. The molecule has 0 aromatic rings. The summed E-state index contributed by atoms with van der Waals surface area (Å²) in [5, 5.41) is 3.02. The van der Waals surface area contributed by atoms with Gasteiger partial charge in [-0.2, -0.15) is 0 Å². The molecule has 2 fully saturated rings. The number of rotatable bonds is 5. The molecule has 2 aliphatic rings. The van der Waals surface area contributed by atoms with Gasteiger partial charge in [0.2, 0.25) is 15.9 Å². The molecule has 1 amide bonds. The second kappa shape index (κ2) is 5.57. The first kappa shape index (κ1) is 13.8. The van der Waals surface area contributed by atoms with Gasteiger partial charge in [0, 0.05) is 25.0 Å². The summed E-state index contributed by atoms with van der Waals surface area (Å²) in [6, 6.07) is 0.158. The van der Waals surface area contributed by atoms with Gasteiger partial charge in [-0.3, -0.25) is 4.79 Å². The topological polar surface area (TPSA) is 66.5 Å². The predicted molar refractivity (Wildman–Crippen MR) is 69.5 cm³/mol. The zero-order chi connectivity index (χ0) is 13.2. The summed E-state index contributed by atoms with van der Waals surface area (Å²) in [7, 11) is -3.07. The van der Waals surface area contributed by atoms with Crippen LogP contribution in [-0.4, -0.2) is 43.5 Å². The molecule has 0 atom stereocenters. The Kier molecular flexibility index (Phi) is 4.27. The van der Waals surface area contributed by atoms with Crippen molar-refractivity contribution in [1.29, 1.82) is 0 Å². The van der Waals surface area contributed by atoms with Crippen LogP contribution in [0.25, 0.3) is 0 Å². The average molecular weight is 274 g/mol. The van der Waals surface area contributed by atoms with Crippen molar-refractivity contribution in [3.8, 4) is 0 Å². The molecular weight excluding hydrogens is 252 g/mol. The monoisotopic (exact) mass is 274 g/mol. The summed E-state index contributed by atoms with van der Waals surface area (Å²) >= 11 is 0. The van der Waals surface area contributed by atoms with Gasteiger partial charge in [-0.05, 0) is 32.1 Å². The van der Waals surface area contributed by atoms with Crippen molar-refractivity contribution in [2.75, 3.05) is 18.8 Å². The highest BCUT2D eigenvalue weighted by atomic mass is 32.2. The number of hydrogen-bond donors (Lipinski definition) is 1. The van der Waals surface area contributed by atoms with Crippen LogP contribution in [0.2, 0.25) is 0 Å². The van der Waals surface area contributed by atoms with Gasteiger partial charge >= 0.3 is 0 Å². The van der Waals surface area contributed by atoms with E-state index >= 15 is 0 Å². The van der Waals surface area contributed by atoms with Gasteiger partial charge in [0.1, 0.15) is 0 Å². The van der Waals surface area contributed by atoms with E-state index in [0.717, 1.165) is 25.7 Å². The molecule has 104 valence electrons. The number of nitrogens with zero attached hydrogens (tertiary/aromatic N) is 1. The largest absolute Gasteiger partial charge is 0.353 e. The molecule has 1 aliphatic carbocycles. The van der Waals surface area contributed by atoms with Crippen molar-refractivity contribution in [1.82, 2.24) is 9.62 Å². The third kappa shape index (κ3) is 3.45. The lowest BCUT2D eigenvalue weighted by Gasteiger charge is -2.31. The number of nitrogens with one attached hydrogen (secondary N) is 1. The van der Waals surface area contributed by atoms with Gasteiger partial charge in [0.15, 0.2) is 0 Å². The smallest absolute Gasteiger partial charge is 0.223 e. The van der Waals surface area contributed by atoms with Crippen molar-refractivity contribution >= 4 is 15.9 Å². The number of carbonyl (C=O) groups excluding carboxylic acids is 1. The Morgan fingerprint density at radius 3 is 2.33 bits per heavy atom. The Labute approximate surface area is 109 Å². The Morgan fingerprint density at radius 2 is 1.83 bits per heavy atom. The lowest BCUT2D eigenvalue weighted by molar-refractivity contribution is -0.123. The molecule has 1 saturated carbocycles. The summed E-state index contributed by atoms with van der Waals surface area (Å²) in [5.74, 6) is 0.614. The van der Waals surface area contributed by atoms with Crippen LogP contribution in [0.1, 0.15) is 39.0 Å². The molecule has 1 heterocycles. The number of sulfonamides is 1. The molecule has 2 rings (SSSR count). The minimum absolute atomic E-state index is 0.157. The lowest BCUT2D eigenvalue weighted by atomic mass is 10.1. The van der Waals surface area contributed by atoms with Crippen molar-refractivity contribution in [3.63, 3.8) is 0 Å². The molecule has 0 aromatic heterocycles. The first-order valence-electron chi connectivity index (χ1n) is 6.81. The molecular formula is C12H22N2O3S. The highest BCUT2D eigenvalue weighted by molar-refractivity contribution is 7.89. The van der Waals surface area contributed by atoms with Crippen LogP contribution in [0.3, 0.4) is 0 Å². The van der Waals surface area contributed by atoms with E-state index in [2.05, 4.69) is 5.32 Å². The summed E-state index contributed by atoms with van der Waals surface area (Å²) in [5.41, 5.74) is 0. The quantitative estimate of drug-likeness (QED) is 0.803. The molecule has 1 saturated heterocycles. The highest BCUT2D eigenvalue weighted by Crippen LogP contribution is 2.29. The number of amides is 1. The molecule has 5 nitrogen and oxygen atoms in total. The summed E-state index contributed by atoms with van der Waals surface area (Å²) in [4.78, 5) is 11.6. The van der Waals surface area contributed by atoms with Gasteiger partial charge in [0.05, 0.1) is 5.75 Å². The lowest BCUT2D eigenvalue weighted by Crippen LogP contribution is -2.47. The Hall–Kier alpha value is -0.620. The van der Waals surface area contributed by atoms with Crippen molar-refractivity contribution in [3.05, 3.63) is 0 Å². The van der Waals surface area contributed by atoms with Crippen LogP contribution in [0, 0.1) is 5.92 Å². The minimum atomic E-state index is -3.07. The fourth-order valence-corrected chi connectivity index (χ4v) is 3.87. The second-order valence-electron chi connectivity index (χ2n) is 5.27. The van der Waals surface area contributed by atoms with Gasteiger partial charge in [-0.25, -0.2) is 12.7 Å². The minimum Gasteiger partial charge on any atom is -0.353 e. The maximum absolute atomic E-state index is 11.9. The standard InChI is InChI=1S/C12H22N2O3S/c1-2-9-18(16,17)14-7-5-11(6-8-14)13-12(15)10-3-4-10/h10-11H,2-9H2,1H3,(H,13,15). The highest BCUT2D eigenvalue weighted by Gasteiger charge is 2.33. The van der Waals surface area contributed by atoms with Gasteiger partial charge in [0.25, 0.3) is 0 Å². The van der Waals surface area contributed by atoms with Crippen LogP contribution in [0.5, 0.6) is 0 Å². The van der Waals surface area contributed by atoms with E-state index in [4.69, 9.17) is 0 Å². The van der Waals surface area contributed by atoms with E-state index < -0.39 is 10.0 Å². The van der Waals surface area contributed by atoms with Crippen molar-refractivity contribution < 1.29 is 13.2 Å². The summed E-state index contributed by atoms with van der Waals surface area (Å²) < 4.78 is 25.3. The first-order valence-corrected chi connectivity index (χ1v) is 8.42. The molecule has 0 unspecified atom stereocenters. The molecule has 18 heavy (non-hydrogen) atoms. The fourth-order valence-electron chi connectivity index (χ4n) is 2.33. The Balaban J connectivity index is 1.78. The zero-order valence-electron chi connectivity index (χ0n) is 10.9. The molecule has 1 N–H and O–H groups in total. The van der Waals surface area contributed by atoms with Gasteiger partial charge in [-0.1, -0.05) is 6.92 Å². The molecule has 0 aromatic carbocycles. The van der Waals surface area contributed by atoms with E-state index in [1.165, 1.54) is 0 Å². The van der Waals surface area contributed by atoms with Crippen LogP contribution in [0.4, 0.5) is 0 Å². The second-order valence-corrected chi connectivity index (χ2v) is 7.36. The van der Waals surface area contributed by atoms with Crippen LogP contribution in [-0.2, 0) is 14.8 Å². The average Bonchev–Trinajstić information content (AvgIpc) is 3.13. The van der Waals surface area contributed by atoms with E-state index in [1.807, 2.05) is 6.92 Å². The van der Waals surface area contributed by atoms with Crippen molar-refractivity contribution in [2.24, 2.45) is 5.92 Å². The first-order chi connectivity index (χ1) is 8.53. The SMILES string of the molecule is CCCS(=O)(=O)N1CCC(NC(=O)C2CC2)CC1. The molecule has 1 aliphatic heterocycles. The van der Waals surface area contributed by atoms with E-state index in [9.17, 15) is 13.2 Å². The Morgan fingerprint density at radius 1 is 1.22 bits per heavy atom. The summed E-state index contributed by atoms with van der Waals surface area (Å²) in [6.07, 6.45) is 4.15. The molecule has 0 bridgehead atoms. The van der Waals surface area contributed by atoms with E-state index in [-0.39, 0.29) is 23.6 Å². The molecule has 0 radical (unpaired) electrons. The molecule has 0 spiro atoms. The number of carbonyl (C=O) groups is 1. The van der Waals surface area contributed by atoms with Crippen molar-refractivity contribution in [2.45, 2.75) is 45.1 Å². The van der Waals surface area contributed by atoms with E-state index in [1.54, 1.807) is 4.31 Å². The van der Waals surface area contributed by atoms with Gasteiger partial charge in [-0.15, -0.1) is 0 Å². The van der Waals surface area contributed by atoms with Gasteiger partial charge < -0.3 is 5.32 Å². The van der Waals surface area contributed by atoms with Crippen LogP contribution in [0.15, 0.2) is 0 Å². The third-order valence-electron chi connectivity index (χ3n) is 3.60. The normalized spacial score (nSPS) is 22.9.